The van der Waals surface area contributed by atoms with E-state index in [1.165, 1.54) is 31.0 Å². The monoisotopic (exact) mass is 441 g/mol. The van der Waals surface area contributed by atoms with E-state index in [9.17, 15) is 4.79 Å². The number of benzene rings is 1. The molecule has 0 spiro atoms. The topological polar surface area (TPSA) is 72.7 Å². The highest BCUT2D eigenvalue weighted by atomic mass is 35.5. The van der Waals surface area contributed by atoms with E-state index < -0.39 is 0 Å². The maximum atomic E-state index is 12.8. The lowest BCUT2D eigenvalue weighted by Crippen LogP contribution is -2.40. The van der Waals surface area contributed by atoms with Gasteiger partial charge in [0.05, 0.1) is 5.25 Å². The Morgan fingerprint density at radius 3 is 2.50 bits per heavy atom. The molecule has 1 atom stereocenters. The van der Waals surface area contributed by atoms with E-state index in [4.69, 9.17) is 11.6 Å². The number of halogens is 1. The summed E-state index contributed by atoms with van der Waals surface area (Å²) in [5, 5.41) is 13.1. The molecule has 1 aliphatic rings. The van der Waals surface area contributed by atoms with Crippen LogP contribution in [0.2, 0.25) is 5.02 Å². The second-order valence-corrected chi connectivity index (χ2v) is 9.20. The van der Waals surface area contributed by atoms with Crippen molar-refractivity contribution in [1.82, 2.24) is 25.1 Å². The van der Waals surface area contributed by atoms with Gasteiger partial charge in [-0.2, -0.15) is 0 Å². The van der Waals surface area contributed by atoms with Crippen molar-refractivity contribution in [2.24, 2.45) is 0 Å². The molecule has 1 saturated carbocycles. The van der Waals surface area contributed by atoms with Crippen molar-refractivity contribution in [1.29, 1.82) is 0 Å². The van der Waals surface area contributed by atoms with Crippen molar-refractivity contribution in [3.8, 4) is 17.1 Å². The summed E-state index contributed by atoms with van der Waals surface area (Å²) >= 11 is 7.49. The minimum atomic E-state index is -0.285. The molecule has 6 nitrogen and oxygen atoms in total. The highest BCUT2D eigenvalue weighted by molar-refractivity contribution is 8.00. The second-order valence-electron chi connectivity index (χ2n) is 7.46. The molecule has 0 aliphatic heterocycles. The van der Waals surface area contributed by atoms with Gasteiger partial charge in [-0.05, 0) is 56.2 Å². The van der Waals surface area contributed by atoms with Crippen molar-refractivity contribution in [2.45, 2.75) is 55.5 Å². The average molecular weight is 442 g/mol. The summed E-state index contributed by atoms with van der Waals surface area (Å²) in [4.78, 5) is 16.9. The highest BCUT2D eigenvalue weighted by Gasteiger charge is 2.24. The number of nitrogens with one attached hydrogen (secondary N) is 1. The second kappa shape index (κ2) is 9.62. The number of carbonyl (C=O) groups excluding carboxylic acids is 1. The number of pyridine rings is 1. The van der Waals surface area contributed by atoms with Gasteiger partial charge in [0.2, 0.25) is 5.91 Å². The number of thioether (sulfide) groups is 1. The quantitative estimate of drug-likeness (QED) is 0.550. The molecule has 156 valence electrons. The first-order chi connectivity index (χ1) is 14.6. The van der Waals surface area contributed by atoms with Gasteiger partial charge in [0.1, 0.15) is 0 Å². The average Bonchev–Trinajstić information content (AvgIpc) is 3.19. The van der Waals surface area contributed by atoms with Gasteiger partial charge in [-0.15, -0.1) is 10.2 Å². The van der Waals surface area contributed by atoms with E-state index >= 15 is 0 Å². The molecule has 30 heavy (non-hydrogen) atoms. The lowest BCUT2D eigenvalue weighted by molar-refractivity contribution is -0.121. The maximum Gasteiger partial charge on any atom is 0.233 e. The van der Waals surface area contributed by atoms with Crippen molar-refractivity contribution >= 4 is 29.3 Å². The smallest absolute Gasteiger partial charge is 0.233 e. The Bertz CT molecular complexity index is 987. The number of hydrogen-bond acceptors (Lipinski definition) is 5. The van der Waals surface area contributed by atoms with Crippen LogP contribution in [-0.2, 0) is 4.79 Å². The standard InChI is InChI=1S/C22H24ClN5OS/c1-15(21(29)25-18-5-3-2-4-6-18)30-22-27-26-20(16-11-13-24-14-12-16)28(22)19-9-7-17(23)8-10-19/h7-15,18H,2-6H2,1H3,(H,25,29). The van der Waals surface area contributed by atoms with Crippen molar-refractivity contribution < 1.29 is 4.79 Å². The van der Waals surface area contributed by atoms with Gasteiger partial charge in [0.25, 0.3) is 0 Å². The van der Waals surface area contributed by atoms with Crippen LogP contribution < -0.4 is 5.32 Å². The van der Waals surface area contributed by atoms with E-state index in [1.54, 1.807) is 12.4 Å². The summed E-state index contributed by atoms with van der Waals surface area (Å²) in [5.74, 6) is 0.741. The van der Waals surface area contributed by atoms with Crippen LogP contribution in [0.4, 0.5) is 0 Å². The molecule has 2 aromatic heterocycles. The summed E-state index contributed by atoms with van der Waals surface area (Å²) < 4.78 is 1.96. The molecule has 0 bridgehead atoms. The minimum Gasteiger partial charge on any atom is -0.352 e. The zero-order valence-electron chi connectivity index (χ0n) is 16.8. The summed E-state index contributed by atoms with van der Waals surface area (Å²) in [5.41, 5.74) is 1.79. The lowest BCUT2D eigenvalue weighted by atomic mass is 9.95. The summed E-state index contributed by atoms with van der Waals surface area (Å²) in [6.45, 7) is 1.91. The minimum absolute atomic E-state index is 0.0445. The first-order valence-electron chi connectivity index (χ1n) is 10.2. The zero-order valence-corrected chi connectivity index (χ0v) is 18.4. The number of amides is 1. The largest absolute Gasteiger partial charge is 0.352 e. The first-order valence-corrected chi connectivity index (χ1v) is 11.5. The summed E-state index contributed by atoms with van der Waals surface area (Å²) in [6.07, 6.45) is 9.22. The molecule has 8 heteroatoms. The molecular weight excluding hydrogens is 418 g/mol. The molecule has 4 rings (SSSR count). The van der Waals surface area contributed by atoms with Crippen LogP contribution in [0.25, 0.3) is 17.1 Å². The first kappa shape index (κ1) is 20.9. The van der Waals surface area contributed by atoms with Crippen LogP contribution in [0.1, 0.15) is 39.0 Å². The number of nitrogens with zero attached hydrogens (tertiary/aromatic N) is 4. The Morgan fingerprint density at radius 1 is 1.10 bits per heavy atom. The fourth-order valence-corrected chi connectivity index (χ4v) is 4.64. The summed E-state index contributed by atoms with van der Waals surface area (Å²) in [7, 11) is 0. The molecule has 1 fully saturated rings. The molecule has 3 aromatic rings. The molecule has 0 saturated heterocycles. The Morgan fingerprint density at radius 2 is 1.80 bits per heavy atom. The van der Waals surface area contributed by atoms with Crippen molar-refractivity contribution in [2.75, 3.05) is 0 Å². The number of rotatable bonds is 6. The fraction of sp³-hybridized carbons (Fsp3) is 0.364. The number of aromatic nitrogens is 4. The van der Waals surface area contributed by atoms with E-state index in [-0.39, 0.29) is 17.2 Å². The zero-order chi connectivity index (χ0) is 20.9. The lowest BCUT2D eigenvalue weighted by Gasteiger charge is -2.24. The maximum absolute atomic E-state index is 12.8. The molecule has 0 radical (unpaired) electrons. The van der Waals surface area contributed by atoms with Gasteiger partial charge < -0.3 is 5.32 Å². The Hall–Kier alpha value is -2.38. The van der Waals surface area contributed by atoms with Crippen LogP contribution in [-0.4, -0.2) is 36.9 Å². The molecule has 1 aromatic carbocycles. The van der Waals surface area contributed by atoms with Crippen LogP contribution in [0.5, 0.6) is 0 Å². The van der Waals surface area contributed by atoms with Crippen LogP contribution in [0.3, 0.4) is 0 Å². The van der Waals surface area contributed by atoms with Gasteiger partial charge in [0, 0.05) is 34.7 Å². The highest BCUT2D eigenvalue weighted by Crippen LogP contribution is 2.30. The predicted molar refractivity (Wildman–Crippen MR) is 120 cm³/mol. The molecule has 1 aliphatic carbocycles. The van der Waals surface area contributed by atoms with Crippen LogP contribution in [0, 0.1) is 0 Å². The fourth-order valence-electron chi connectivity index (χ4n) is 3.63. The summed E-state index contributed by atoms with van der Waals surface area (Å²) in [6, 6.07) is 11.6. The van der Waals surface area contributed by atoms with Gasteiger partial charge in [-0.3, -0.25) is 14.3 Å². The van der Waals surface area contributed by atoms with Gasteiger partial charge >= 0.3 is 0 Å². The van der Waals surface area contributed by atoms with E-state index in [1.807, 2.05) is 47.9 Å². The normalized spacial score (nSPS) is 15.7. The van der Waals surface area contributed by atoms with E-state index in [0.717, 1.165) is 24.1 Å². The molecule has 1 unspecified atom stereocenters. The third kappa shape index (κ3) is 4.84. The number of hydrogen-bond donors (Lipinski definition) is 1. The third-order valence-corrected chi connectivity index (χ3v) is 6.55. The molecular formula is C22H24ClN5OS. The third-order valence-electron chi connectivity index (χ3n) is 5.26. The van der Waals surface area contributed by atoms with Gasteiger partial charge in [-0.1, -0.05) is 42.6 Å². The van der Waals surface area contributed by atoms with Gasteiger partial charge in [-0.25, -0.2) is 0 Å². The van der Waals surface area contributed by atoms with Crippen LogP contribution >= 0.6 is 23.4 Å². The molecule has 2 heterocycles. The van der Waals surface area contributed by atoms with Gasteiger partial charge in [0.15, 0.2) is 11.0 Å². The van der Waals surface area contributed by atoms with Crippen molar-refractivity contribution in [3.63, 3.8) is 0 Å². The number of carbonyl (C=O) groups is 1. The van der Waals surface area contributed by atoms with E-state index in [2.05, 4.69) is 20.5 Å². The Balaban J connectivity index is 1.60. The van der Waals surface area contributed by atoms with E-state index in [0.29, 0.717) is 16.0 Å². The Kier molecular flexibility index (Phi) is 6.69. The molecule has 1 amide bonds. The SMILES string of the molecule is CC(Sc1nnc(-c2ccncc2)n1-c1ccc(Cl)cc1)C(=O)NC1CCCCC1. The van der Waals surface area contributed by atoms with Crippen LogP contribution in [0.15, 0.2) is 53.9 Å². The van der Waals surface area contributed by atoms with Crippen molar-refractivity contribution in [3.05, 3.63) is 53.8 Å². The molecule has 1 N–H and O–H groups in total. The predicted octanol–water partition coefficient (Wildman–Crippen LogP) is 4.91. The Labute approximate surface area is 185 Å².